The predicted molar refractivity (Wildman–Crippen MR) is 136 cm³/mol. The molecule has 0 bridgehead atoms. The number of thiophene rings is 2. The highest BCUT2D eigenvalue weighted by molar-refractivity contribution is 7.91. The Hall–Kier alpha value is -1.77. The van der Waals surface area contributed by atoms with Crippen molar-refractivity contribution in [1.29, 1.82) is 0 Å². The quantitative estimate of drug-likeness (QED) is 0.328. The van der Waals surface area contributed by atoms with Gasteiger partial charge in [0, 0.05) is 27.7 Å². The van der Waals surface area contributed by atoms with E-state index in [1.165, 1.54) is 22.3 Å². The second kappa shape index (κ2) is 9.70. The van der Waals surface area contributed by atoms with Crippen LogP contribution in [0.25, 0.3) is 0 Å². The molecule has 0 amide bonds. The molecule has 1 unspecified atom stereocenters. The Labute approximate surface area is 210 Å². The third kappa shape index (κ3) is 5.09. The molecule has 9 nitrogen and oxygen atoms in total. The summed E-state index contributed by atoms with van der Waals surface area (Å²) in [6.07, 6.45) is 1.64. The smallest absolute Gasteiger partial charge is 0.256 e. The van der Waals surface area contributed by atoms with Gasteiger partial charge < -0.3 is 15.0 Å². The number of hydrogen-bond donors (Lipinski definition) is 3. The zero-order valence-electron chi connectivity index (χ0n) is 19.6. The van der Waals surface area contributed by atoms with E-state index in [0.717, 1.165) is 29.1 Å². The fourth-order valence-electron chi connectivity index (χ4n) is 3.45. The third-order valence-corrected chi connectivity index (χ3v) is 10.9. The Morgan fingerprint density at radius 3 is 2.59 bits per heavy atom. The van der Waals surface area contributed by atoms with Gasteiger partial charge in [0.2, 0.25) is 11.3 Å². The number of aromatic hydroxyl groups is 1. The van der Waals surface area contributed by atoms with E-state index in [-0.39, 0.29) is 39.5 Å². The minimum atomic E-state index is -3.80. The zero-order valence-corrected chi connectivity index (χ0v) is 22.9. The predicted octanol–water partition coefficient (Wildman–Crippen LogP) is 4.91. The van der Waals surface area contributed by atoms with Crippen molar-refractivity contribution in [3.05, 3.63) is 32.8 Å². The molecule has 34 heavy (non-hydrogen) atoms. The van der Waals surface area contributed by atoms with Gasteiger partial charge in [-0.25, -0.2) is 8.42 Å². The highest BCUT2D eigenvalue weighted by Crippen LogP contribution is 2.42. The SMILES string of the molecule is CC(C)c1csc([C@H](N=c2[nH][s+]([O-])nc2Nc2csc(S(=O)(=O)N(C)C3CC3)c2O)C(C)C)c1. The lowest BCUT2D eigenvalue weighted by molar-refractivity contribution is 0.445. The number of rotatable bonds is 9. The number of aromatic nitrogens is 2. The molecule has 2 atom stereocenters. The summed E-state index contributed by atoms with van der Waals surface area (Å²) in [6, 6.07) is 1.95. The maximum absolute atomic E-state index is 12.9. The van der Waals surface area contributed by atoms with Gasteiger partial charge >= 0.3 is 0 Å². The number of nitrogens with zero attached hydrogens (tertiary/aromatic N) is 3. The number of H-pyrrole nitrogens is 1. The van der Waals surface area contributed by atoms with Gasteiger partial charge in [0.25, 0.3) is 10.0 Å². The van der Waals surface area contributed by atoms with E-state index in [9.17, 15) is 18.1 Å². The van der Waals surface area contributed by atoms with Crippen molar-refractivity contribution < 1.29 is 18.1 Å². The molecule has 3 heterocycles. The Morgan fingerprint density at radius 1 is 1.29 bits per heavy atom. The Morgan fingerprint density at radius 2 is 2.00 bits per heavy atom. The van der Waals surface area contributed by atoms with Crippen molar-refractivity contribution in [1.82, 2.24) is 13.1 Å². The van der Waals surface area contributed by atoms with Crippen LogP contribution in [-0.4, -0.2) is 44.2 Å². The van der Waals surface area contributed by atoms with Crippen LogP contribution in [0.1, 0.15) is 62.9 Å². The van der Waals surface area contributed by atoms with Crippen molar-refractivity contribution in [3.63, 3.8) is 0 Å². The van der Waals surface area contributed by atoms with Crippen molar-refractivity contribution >= 4 is 55.3 Å². The van der Waals surface area contributed by atoms with Crippen molar-refractivity contribution in [2.45, 2.75) is 62.7 Å². The van der Waals surface area contributed by atoms with Crippen LogP contribution in [0, 0.1) is 5.92 Å². The first kappa shape index (κ1) is 25.3. The molecule has 0 aromatic carbocycles. The molecule has 1 fully saturated rings. The number of sulfonamides is 1. The van der Waals surface area contributed by atoms with E-state index < -0.39 is 21.2 Å². The molecule has 0 aliphatic heterocycles. The monoisotopic (exact) mass is 543 g/mol. The second-order valence-corrected chi connectivity index (χ2v) is 14.0. The maximum Gasteiger partial charge on any atom is 0.256 e. The molecule has 0 saturated heterocycles. The van der Waals surface area contributed by atoms with Gasteiger partial charge in [0.15, 0.2) is 21.1 Å². The van der Waals surface area contributed by atoms with Gasteiger partial charge in [-0.1, -0.05) is 27.7 Å². The summed E-state index contributed by atoms with van der Waals surface area (Å²) in [5.74, 6) is 0.398. The van der Waals surface area contributed by atoms with Gasteiger partial charge in [0.1, 0.15) is 0 Å². The van der Waals surface area contributed by atoms with Crippen LogP contribution in [0.4, 0.5) is 11.5 Å². The number of nitrogens with one attached hydrogen (secondary N) is 2. The average molecular weight is 544 g/mol. The number of aromatic amines is 1. The summed E-state index contributed by atoms with van der Waals surface area (Å²) in [4.78, 5) is 5.91. The molecule has 3 aromatic heterocycles. The van der Waals surface area contributed by atoms with E-state index in [2.05, 4.69) is 53.2 Å². The molecule has 186 valence electrons. The fraction of sp³-hybridized carbons (Fsp3) is 0.524. The fourth-order valence-corrected chi connectivity index (χ4v) is 8.21. The molecule has 1 aliphatic carbocycles. The van der Waals surface area contributed by atoms with Crippen LogP contribution in [0.2, 0.25) is 0 Å². The highest BCUT2D eigenvalue weighted by atomic mass is 32.2. The Kier molecular flexibility index (Phi) is 7.23. The molecule has 1 aliphatic rings. The van der Waals surface area contributed by atoms with Gasteiger partial charge in [-0.2, -0.15) is 4.31 Å². The Bertz CT molecular complexity index is 1330. The van der Waals surface area contributed by atoms with Gasteiger partial charge in [-0.15, -0.1) is 27.0 Å². The lowest BCUT2D eigenvalue weighted by atomic mass is 10.0. The highest BCUT2D eigenvalue weighted by Gasteiger charge is 2.38. The summed E-state index contributed by atoms with van der Waals surface area (Å²) in [6.45, 7) is 8.42. The van der Waals surface area contributed by atoms with E-state index in [4.69, 9.17) is 4.99 Å². The molecule has 13 heteroatoms. The summed E-state index contributed by atoms with van der Waals surface area (Å²) in [5, 5.41) is 17.3. The van der Waals surface area contributed by atoms with Crippen molar-refractivity contribution in [2.24, 2.45) is 10.9 Å². The summed E-state index contributed by atoms with van der Waals surface area (Å²) in [7, 11) is -2.27. The first-order chi connectivity index (χ1) is 16.0. The van der Waals surface area contributed by atoms with Crippen LogP contribution in [0.15, 0.2) is 26.0 Å². The van der Waals surface area contributed by atoms with E-state index >= 15 is 0 Å². The lowest BCUT2D eigenvalue weighted by Gasteiger charge is -2.15. The zero-order chi connectivity index (χ0) is 24.8. The van der Waals surface area contributed by atoms with Crippen LogP contribution < -0.4 is 10.8 Å². The molecule has 0 radical (unpaired) electrons. The lowest BCUT2D eigenvalue weighted by Crippen LogP contribution is -2.28. The van der Waals surface area contributed by atoms with Crippen LogP contribution in [0.3, 0.4) is 0 Å². The topological polar surface area (TPSA) is 134 Å². The van der Waals surface area contributed by atoms with Gasteiger partial charge in [0.05, 0.1) is 11.7 Å². The minimum Gasteiger partial charge on any atom is -0.548 e. The largest absolute Gasteiger partial charge is 0.548 e. The molecule has 4 rings (SSSR count). The Balaban J connectivity index is 1.66. The van der Waals surface area contributed by atoms with Crippen LogP contribution in [-0.2, 0) is 10.0 Å². The molecule has 3 N–H and O–H groups in total. The van der Waals surface area contributed by atoms with E-state index in [0.29, 0.717) is 11.4 Å². The first-order valence-corrected chi connectivity index (χ1v) is 15.3. The molecular weight excluding hydrogens is 515 g/mol. The van der Waals surface area contributed by atoms with Crippen molar-refractivity contribution in [2.75, 3.05) is 12.4 Å². The number of anilines is 2. The number of hydrogen-bond acceptors (Lipinski definition) is 9. The molecule has 3 aromatic rings. The molecule has 0 spiro atoms. The van der Waals surface area contributed by atoms with E-state index in [1.807, 2.05) is 0 Å². The molecule has 1 saturated carbocycles. The average Bonchev–Trinajstić information content (AvgIpc) is 3.20. The van der Waals surface area contributed by atoms with Crippen molar-refractivity contribution in [3.8, 4) is 5.75 Å². The van der Waals surface area contributed by atoms with E-state index in [1.54, 1.807) is 11.3 Å². The van der Waals surface area contributed by atoms with Gasteiger partial charge in [-0.3, -0.25) is 4.99 Å². The summed E-state index contributed by atoms with van der Waals surface area (Å²) >= 11 is 0.849. The minimum absolute atomic E-state index is 0.0195. The third-order valence-electron chi connectivity index (χ3n) is 5.74. The maximum atomic E-state index is 12.9. The van der Waals surface area contributed by atoms with Crippen LogP contribution in [0.5, 0.6) is 5.75 Å². The normalized spacial score (nSPS) is 16.7. The van der Waals surface area contributed by atoms with Gasteiger partial charge in [-0.05, 0) is 41.7 Å². The standard InChI is InChI=1S/C21H29N5O4S4/c1-11(2)13-8-16(31-9-13)17(12(3)4)23-20-19(24-33(28)25-20)22-15-10-32-21(18(15)27)34(29,30)26(5)14-6-7-14/h8-12,14,17,27H,6-7H2,1-5H3,(H,22,24)(H,23,25)/t17-,33?/m1/s1. The molecular formula is C21H29N5O4S4. The second-order valence-electron chi connectivity index (χ2n) is 9.06. The summed E-state index contributed by atoms with van der Waals surface area (Å²) < 4.78 is 45.9. The van der Waals surface area contributed by atoms with Crippen LogP contribution >= 0.6 is 33.8 Å². The summed E-state index contributed by atoms with van der Waals surface area (Å²) in [5.41, 5.74) is 1.73. The first-order valence-electron chi connectivity index (χ1n) is 11.0.